The van der Waals surface area contributed by atoms with Crippen LogP contribution in [0.25, 0.3) is 0 Å². The minimum atomic E-state index is -0.187. The molecule has 0 saturated heterocycles. The van der Waals surface area contributed by atoms with Crippen LogP contribution in [0.1, 0.15) is 11.4 Å². The first-order valence-electron chi connectivity index (χ1n) is 4.92. The molecule has 2 aromatic rings. The second-order valence-corrected chi connectivity index (χ2v) is 3.71. The van der Waals surface area contributed by atoms with Gasteiger partial charge < -0.3 is 0 Å². The lowest BCUT2D eigenvalue weighted by Crippen LogP contribution is -2.29. The summed E-state index contributed by atoms with van der Waals surface area (Å²) in [4.78, 5) is 0. The summed E-state index contributed by atoms with van der Waals surface area (Å²) in [7, 11) is 2.01. The summed E-state index contributed by atoms with van der Waals surface area (Å²) in [5.74, 6) is 0.993. The van der Waals surface area contributed by atoms with Crippen LogP contribution in [0.15, 0.2) is 36.7 Å². The Kier molecular flexibility index (Phi) is 2.54. The zero-order valence-electron chi connectivity index (χ0n) is 8.94. The van der Waals surface area contributed by atoms with Crippen molar-refractivity contribution in [3.63, 3.8) is 0 Å². The van der Waals surface area contributed by atoms with Crippen molar-refractivity contribution in [3.8, 4) is 0 Å². The number of benzene rings is 1. The number of aromatic nitrogens is 2. The van der Waals surface area contributed by atoms with Crippen molar-refractivity contribution < 1.29 is 8.96 Å². The van der Waals surface area contributed by atoms with Crippen LogP contribution in [0.5, 0.6) is 0 Å². The van der Waals surface area contributed by atoms with Crippen LogP contribution in [0.3, 0.4) is 0 Å². The number of hydrogen-bond donors (Lipinski definition) is 0. The van der Waals surface area contributed by atoms with Crippen molar-refractivity contribution in [2.75, 3.05) is 0 Å². The summed E-state index contributed by atoms with van der Waals surface area (Å²) < 4.78 is 16.9. The van der Waals surface area contributed by atoms with Gasteiger partial charge in [0.05, 0.1) is 7.05 Å². The molecule has 78 valence electrons. The molecule has 1 heterocycles. The van der Waals surface area contributed by atoms with Gasteiger partial charge in [0.2, 0.25) is 0 Å². The Morgan fingerprint density at radius 3 is 2.47 bits per heavy atom. The molecule has 0 aliphatic heterocycles. The molecule has 0 amide bonds. The Morgan fingerprint density at radius 1 is 1.27 bits per heavy atom. The summed E-state index contributed by atoms with van der Waals surface area (Å²) in [5, 5.41) is 0. The van der Waals surface area contributed by atoms with E-state index in [0.29, 0.717) is 0 Å². The molecule has 0 aliphatic rings. The van der Waals surface area contributed by atoms with Gasteiger partial charge in [0.25, 0.3) is 5.82 Å². The lowest BCUT2D eigenvalue weighted by Gasteiger charge is -1.99. The third kappa shape index (κ3) is 2.06. The first-order valence-corrected chi connectivity index (χ1v) is 4.92. The van der Waals surface area contributed by atoms with Crippen molar-refractivity contribution in [2.24, 2.45) is 7.05 Å². The van der Waals surface area contributed by atoms with E-state index in [1.54, 1.807) is 0 Å². The molecule has 0 fully saturated rings. The van der Waals surface area contributed by atoms with Crippen molar-refractivity contribution in [1.82, 2.24) is 4.57 Å². The van der Waals surface area contributed by atoms with E-state index in [1.165, 1.54) is 18.0 Å². The second kappa shape index (κ2) is 3.85. The minimum Gasteiger partial charge on any atom is -0.237 e. The van der Waals surface area contributed by atoms with Crippen LogP contribution < -0.4 is 4.57 Å². The van der Waals surface area contributed by atoms with Gasteiger partial charge in [-0.2, -0.15) is 0 Å². The van der Waals surface area contributed by atoms with Crippen molar-refractivity contribution in [2.45, 2.75) is 13.5 Å². The molecule has 0 saturated carbocycles. The Hall–Kier alpha value is -1.64. The molecule has 0 unspecified atom stereocenters. The van der Waals surface area contributed by atoms with Crippen LogP contribution in [-0.4, -0.2) is 4.57 Å². The van der Waals surface area contributed by atoms with E-state index >= 15 is 0 Å². The van der Waals surface area contributed by atoms with Gasteiger partial charge in [-0.05, 0) is 17.7 Å². The standard InChI is InChI=1S/C12H14FN2/c1-10-14(2)7-8-15(10)9-11-3-5-12(13)6-4-11/h3-8H,9H2,1-2H3/q+1. The molecule has 0 N–H and O–H groups in total. The van der Waals surface area contributed by atoms with E-state index in [0.717, 1.165) is 12.1 Å². The van der Waals surface area contributed by atoms with E-state index in [1.807, 2.05) is 31.6 Å². The normalized spacial score (nSPS) is 10.6. The number of halogens is 1. The maximum Gasteiger partial charge on any atom is 0.253 e. The molecule has 0 aliphatic carbocycles. The molecule has 0 atom stereocenters. The highest BCUT2D eigenvalue weighted by Crippen LogP contribution is 2.05. The Balaban J connectivity index is 2.22. The average Bonchev–Trinajstić information content (AvgIpc) is 2.53. The monoisotopic (exact) mass is 205 g/mol. The van der Waals surface area contributed by atoms with E-state index in [4.69, 9.17) is 0 Å². The third-order valence-corrected chi connectivity index (χ3v) is 2.66. The number of rotatable bonds is 2. The van der Waals surface area contributed by atoms with Crippen molar-refractivity contribution in [3.05, 3.63) is 53.9 Å². The van der Waals surface area contributed by atoms with Gasteiger partial charge in [-0.25, -0.2) is 13.5 Å². The highest BCUT2D eigenvalue weighted by Gasteiger charge is 2.08. The van der Waals surface area contributed by atoms with Gasteiger partial charge in [0.1, 0.15) is 24.8 Å². The molecule has 0 bridgehead atoms. The molecule has 2 rings (SSSR count). The molecule has 1 aromatic heterocycles. The number of imidazole rings is 1. The van der Waals surface area contributed by atoms with E-state index in [2.05, 4.69) is 16.1 Å². The van der Waals surface area contributed by atoms with Gasteiger partial charge in [0, 0.05) is 6.92 Å². The fraction of sp³-hybridized carbons (Fsp3) is 0.250. The first kappa shape index (κ1) is 9.90. The van der Waals surface area contributed by atoms with Crippen molar-refractivity contribution in [1.29, 1.82) is 0 Å². The van der Waals surface area contributed by atoms with Crippen LogP contribution in [-0.2, 0) is 13.6 Å². The topological polar surface area (TPSA) is 8.81 Å². The average molecular weight is 205 g/mol. The molecule has 15 heavy (non-hydrogen) atoms. The smallest absolute Gasteiger partial charge is 0.237 e. The van der Waals surface area contributed by atoms with Crippen LogP contribution >= 0.6 is 0 Å². The molecular weight excluding hydrogens is 191 g/mol. The Bertz CT molecular complexity index is 457. The minimum absolute atomic E-state index is 0.187. The van der Waals surface area contributed by atoms with E-state index < -0.39 is 0 Å². The fourth-order valence-electron chi connectivity index (χ4n) is 1.55. The molecule has 2 nitrogen and oxygen atoms in total. The Labute approximate surface area is 88.6 Å². The van der Waals surface area contributed by atoms with Gasteiger partial charge in [-0.1, -0.05) is 12.1 Å². The summed E-state index contributed by atoms with van der Waals surface area (Å²) >= 11 is 0. The van der Waals surface area contributed by atoms with Crippen molar-refractivity contribution >= 4 is 0 Å². The number of hydrogen-bond acceptors (Lipinski definition) is 0. The predicted molar refractivity (Wildman–Crippen MR) is 55.8 cm³/mol. The quantitative estimate of drug-likeness (QED) is 0.661. The van der Waals surface area contributed by atoms with E-state index in [-0.39, 0.29) is 5.82 Å². The van der Waals surface area contributed by atoms with Gasteiger partial charge in [-0.3, -0.25) is 0 Å². The van der Waals surface area contributed by atoms with E-state index in [9.17, 15) is 4.39 Å². The molecule has 1 aromatic carbocycles. The van der Waals surface area contributed by atoms with Gasteiger partial charge >= 0.3 is 0 Å². The predicted octanol–water partition coefficient (Wildman–Crippen LogP) is 1.81. The highest BCUT2D eigenvalue weighted by molar-refractivity contribution is 5.16. The largest absolute Gasteiger partial charge is 0.253 e. The van der Waals surface area contributed by atoms with Gasteiger partial charge in [-0.15, -0.1) is 0 Å². The lowest BCUT2D eigenvalue weighted by atomic mass is 10.2. The highest BCUT2D eigenvalue weighted by atomic mass is 19.1. The fourth-order valence-corrected chi connectivity index (χ4v) is 1.55. The molecular formula is C12H14FN2+. The summed E-state index contributed by atoms with van der Waals surface area (Å²) in [6.07, 6.45) is 4.04. The first-order chi connectivity index (χ1) is 7.16. The van der Waals surface area contributed by atoms with Crippen LogP contribution in [0.4, 0.5) is 4.39 Å². The van der Waals surface area contributed by atoms with Crippen LogP contribution in [0, 0.1) is 12.7 Å². The lowest BCUT2D eigenvalue weighted by molar-refractivity contribution is -0.677. The summed E-state index contributed by atoms with van der Waals surface area (Å²) in [6.45, 7) is 2.84. The molecule has 3 heteroatoms. The Morgan fingerprint density at radius 2 is 1.93 bits per heavy atom. The maximum atomic E-state index is 12.7. The summed E-state index contributed by atoms with van der Waals surface area (Å²) in [6, 6.07) is 6.62. The SMILES string of the molecule is Cc1n(Cc2ccc(F)cc2)cc[n+]1C. The number of aryl methyl sites for hydroxylation is 1. The zero-order chi connectivity index (χ0) is 10.8. The maximum absolute atomic E-state index is 12.7. The second-order valence-electron chi connectivity index (χ2n) is 3.71. The number of nitrogens with zero attached hydrogens (tertiary/aromatic N) is 2. The molecule has 0 radical (unpaired) electrons. The molecule has 0 spiro atoms. The zero-order valence-corrected chi connectivity index (χ0v) is 8.94. The third-order valence-electron chi connectivity index (χ3n) is 2.66. The van der Waals surface area contributed by atoms with Crippen LogP contribution in [0.2, 0.25) is 0 Å². The summed E-state index contributed by atoms with van der Waals surface area (Å²) in [5.41, 5.74) is 1.11. The van der Waals surface area contributed by atoms with Gasteiger partial charge in [0.15, 0.2) is 0 Å².